The molecule has 1 N–H and O–H groups in total. The second-order valence-electron chi connectivity index (χ2n) is 8.25. The summed E-state index contributed by atoms with van der Waals surface area (Å²) in [6.45, 7) is 3.35. The van der Waals surface area contributed by atoms with Crippen LogP contribution in [0.1, 0.15) is 50.6 Å². The van der Waals surface area contributed by atoms with Crippen molar-refractivity contribution in [2.75, 3.05) is 20.2 Å². The molecule has 4 atom stereocenters. The Morgan fingerprint density at radius 2 is 2.15 bits per heavy atom. The molecule has 1 saturated carbocycles. The summed E-state index contributed by atoms with van der Waals surface area (Å²) in [5.41, 5.74) is 0.869. The molecule has 1 amide bonds. The molecule has 144 valence electrons. The topological polar surface area (TPSA) is 72.3 Å². The van der Waals surface area contributed by atoms with Gasteiger partial charge in [-0.3, -0.25) is 14.4 Å². The third kappa shape index (κ3) is 3.93. The molecule has 1 unspecified atom stereocenters. The van der Waals surface area contributed by atoms with Crippen LogP contribution in [-0.2, 0) is 22.7 Å². The van der Waals surface area contributed by atoms with Crippen molar-refractivity contribution in [1.82, 2.24) is 25.2 Å². The molecule has 4 heterocycles. The van der Waals surface area contributed by atoms with Gasteiger partial charge in [-0.05, 0) is 38.1 Å². The highest BCUT2D eigenvalue weighted by Gasteiger charge is 2.43. The molecule has 26 heavy (non-hydrogen) atoms. The Morgan fingerprint density at radius 3 is 2.88 bits per heavy atom. The third-order valence-corrected chi connectivity index (χ3v) is 6.44. The number of piperidine rings is 3. The van der Waals surface area contributed by atoms with E-state index in [0.717, 1.165) is 51.0 Å². The number of nitrogens with one attached hydrogen (secondary N) is 1. The van der Waals surface area contributed by atoms with Crippen molar-refractivity contribution in [3.05, 3.63) is 11.9 Å². The fourth-order valence-corrected chi connectivity index (χ4v) is 5.04. The van der Waals surface area contributed by atoms with Gasteiger partial charge in [0.25, 0.3) is 0 Å². The summed E-state index contributed by atoms with van der Waals surface area (Å²) in [5.74, 6) is 0.977. The van der Waals surface area contributed by atoms with Crippen LogP contribution >= 0.6 is 0 Å². The average molecular weight is 361 g/mol. The molecule has 0 spiro atoms. The normalized spacial score (nSPS) is 31.9. The lowest BCUT2D eigenvalue weighted by molar-refractivity contribution is -0.134. The highest BCUT2D eigenvalue weighted by atomic mass is 16.5. The third-order valence-electron chi connectivity index (χ3n) is 6.44. The van der Waals surface area contributed by atoms with Gasteiger partial charge in [0.15, 0.2) is 0 Å². The number of carbonyl (C=O) groups excluding carboxylic acids is 1. The van der Waals surface area contributed by atoms with Crippen LogP contribution in [0, 0.1) is 11.8 Å². The number of ether oxygens (including phenoxy) is 1. The number of hydrogen-bond acceptors (Lipinski definition) is 5. The largest absolute Gasteiger partial charge is 0.378 e. The minimum Gasteiger partial charge on any atom is -0.378 e. The number of fused-ring (bicyclic) bond motifs is 3. The predicted octanol–water partition coefficient (Wildman–Crippen LogP) is 1.58. The molecule has 1 aromatic heterocycles. The van der Waals surface area contributed by atoms with Gasteiger partial charge in [-0.25, -0.2) is 0 Å². The summed E-state index contributed by atoms with van der Waals surface area (Å²) in [5, 5.41) is 11.7. The van der Waals surface area contributed by atoms with E-state index in [1.54, 1.807) is 7.11 Å². The quantitative estimate of drug-likeness (QED) is 0.833. The lowest BCUT2D eigenvalue weighted by atomic mass is 9.75. The standard InChI is InChI=1S/C19H31N5O2/c1-26-13-16-10-24(22-21-16)11-17-9-14-7-8-23(17)12-18(14)19(25)20-15-5-3-2-4-6-15/h10,14-15,17-18H,2-9,11-13H2,1H3,(H,20,25)/t14-,17+,18+/m1/s1. The molecule has 4 aliphatic rings. The molecular formula is C19H31N5O2. The minimum atomic E-state index is 0.168. The lowest BCUT2D eigenvalue weighted by Gasteiger charge is -2.49. The Bertz CT molecular complexity index is 613. The highest BCUT2D eigenvalue weighted by Crippen LogP contribution is 2.37. The molecule has 3 aliphatic heterocycles. The number of aromatic nitrogens is 3. The maximum atomic E-state index is 12.8. The fraction of sp³-hybridized carbons (Fsp3) is 0.842. The molecule has 7 nitrogen and oxygen atoms in total. The maximum absolute atomic E-state index is 12.8. The van der Waals surface area contributed by atoms with Gasteiger partial charge in [0.2, 0.25) is 5.91 Å². The summed E-state index contributed by atoms with van der Waals surface area (Å²) in [6.07, 6.45) is 10.4. The van der Waals surface area contributed by atoms with E-state index in [1.165, 1.54) is 19.3 Å². The van der Waals surface area contributed by atoms with Gasteiger partial charge in [-0.2, -0.15) is 0 Å². The fourth-order valence-electron chi connectivity index (χ4n) is 5.04. The first-order valence-corrected chi connectivity index (χ1v) is 10.2. The van der Waals surface area contributed by atoms with Crippen molar-refractivity contribution in [1.29, 1.82) is 0 Å². The van der Waals surface area contributed by atoms with Crippen LogP contribution in [0.15, 0.2) is 6.20 Å². The first-order valence-electron chi connectivity index (χ1n) is 10.2. The van der Waals surface area contributed by atoms with E-state index < -0.39 is 0 Å². The Balaban J connectivity index is 1.32. The number of nitrogens with zero attached hydrogens (tertiary/aromatic N) is 4. The van der Waals surface area contributed by atoms with Crippen molar-refractivity contribution in [2.45, 2.75) is 70.2 Å². The average Bonchev–Trinajstić information content (AvgIpc) is 3.10. The summed E-state index contributed by atoms with van der Waals surface area (Å²) in [4.78, 5) is 15.3. The van der Waals surface area contributed by atoms with Gasteiger partial charge >= 0.3 is 0 Å². The summed E-state index contributed by atoms with van der Waals surface area (Å²) in [7, 11) is 1.67. The number of carbonyl (C=O) groups is 1. The Hall–Kier alpha value is -1.47. The van der Waals surface area contributed by atoms with E-state index in [0.29, 0.717) is 30.5 Å². The second-order valence-corrected chi connectivity index (χ2v) is 8.25. The van der Waals surface area contributed by atoms with Crippen LogP contribution in [0.5, 0.6) is 0 Å². The Labute approximate surface area is 155 Å². The predicted molar refractivity (Wildman–Crippen MR) is 97.3 cm³/mol. The zero-order chi connectivity index (χ0) is 17.9. The van der Waals surface area contributed by atoms with Crippen molar-refractivity contribution in [3.8, 4) is 0 Å². The molecule has 7 heteroatoms. The van der Waals surface area contributed by atoms with E-state index in [9.17, 15) is 4.79 Å². The van der Waals surface area contributed by atoms with E-state index in [2.05, 4.69) is 20.5 Å². The molecule has 0 aromatic carbocycles. The highest BCUT2D eigenvalue weighted by molar-refractivity contribution is 5.79. The summed E-state index contributed by atoms with van der Waals surface area (Å²) < 4.78 is 7.04. The van der Waals surface area contributed by atoms with Crippen LogP contribution < -0.4 is 5.32 Å². The molecular weight excluding hydrogens is 330 g/mol. The van der Waals surface area contributed by atoms with E-state index in [-0.39, 0.29) is 5.92 Å². The SMILES string of the molecule is COCc1cn(C[C@@H]2C[C@H]3CCN2C[C@@H]3C(=O)NC2CCCCC2)nn1. The first-order chi connectivity index (χ1) is 12.7. The van der Waals surface area contributed by atoms with Crippen molar-refractivity contribution in [3.63, 3.8) is 0 Å². The van der Waals surface area contributed by atoms with Crippen molar-refractivity contribution < 1.29 is 9.53 Å². The van der Waals surface area contributed by atoms with Gasteiger partial charge in [0.1, 0.15) is 5.69 Å². The van der Waals surface area contributed by atoms with Crippen molar-refractivity contribution >= 4 is 5.91 Å². The van der Waals surface area contributed by atoms with E-state index >= 15 is 0 Å². The minimum absolute atomic E-state index is 0.168. The smallest absolute Gasteiger partial charge is 0.224 e. The summed E-state index contributed by atoms with van der Waals surface area (Å²) >= 11 is 0. The lowest BCUT2D eigenvalue weighted by Crippen LogP contribution is -2.58. The first kappa shape index (κ1) is 17.9. The zero-order valence-electron chi connectivity index (χ0n) is 15.8. The molecule has 2 bridgehead atoms. The van der Waals surface area contributed by atoms with Gasteiger partial charge in [0, 0.05) is 25.7 Å². The van der Waals surface area contributed by atoms with Gasteiger partial charge in [-0.1, -0.05) is 24.5 Å². The zero-order valence-corrected chi connectivity index (χ0v) is 15.8. The number of rotatable bonds is 6. The number of amides is 1. The van der Waals surface area contributed by atoms with Crippen LogP contribution in [-0.4, -0.2) is 58.1 Å². The molecule has 0 radical (unpaired) electrons. The monoisotopic (exact) mass is 361 g/mol. The van der Waals surface area contributed by atoms with Gasteiger partial charge in [0.05, 0.1) is 25.3 Å². The molecule has 3 saturated heterocycles. The van der Waals surface area contributed by atoms with Crippen LogP contribution in [0.4, 0.5) is 0 Å². The van der Waals surface area contributed by atoms with E-state index in [4.69, 9.17) is 4.74 Å². The second kappa shape index (κ2) is 8.05. The molecule has 1 aromatic rings. The summed E-state index contributed by atoms with van der Waals surface area (Å²) in [6, 6.07) is 0.876. The van der Waals surface area contributed by atoms with Crippen LogP contribution in [0.2, 0.25) is 0 Å². The Kier molecular flexibility index (Phi) is 5.55. The molecule has 1 aliphatic carbocycles. The maximum Gasteiger partial charge on any atom is 0.224 e. The van der Waals surface area contributed by atoms with Gasteiger partial charge < -0.3 is 10.1 Å². The molecule has 4 fully saturated rings. The number of methoxy groups -OCH3 is 1. The van der Waals surface area contributed by atoms with E-state index in [1.807, 2.05) is 10.9 Å². The van der Waals surface area contributed by atoms with Crippen LogP contribution in [0.3, 0.4) is 0 Å². The number of hydrogen-bond donors (Lipinski definition) is 1. The Morgan fingerprint density at radius 1 is 1.31 bits per heavy atom. The van der Waals surface area contributed by atoms with Crippen LogP contribution in [0.25, 0.3) is 0 Å². The van der Waals surface area contributed by atoms with Gasteiger partial charge in [-0.15, -0.1) is 5.10 Å². The van der Waals surface area contributed by atoms with Crippen molar-refractivity contribution in [2.24, 2.45) is 11.8 Å². The molecule has 5 rings (SSSR count).